The maximum absolute atomic E-state index is 6.90. The van der Waals surface area contributed by atoms with Gasteiger partial charge in [0.1, 0.15) is 17.2 Å². The smallest absolute Gasteiger partial charge is 0.409 e. The van der Waals surface area contributed by atoms with Crippen LogP contribution in [0.25, 0.3) is 0 Å². The van der Waals surface area contributed by atoms with Crippen LogP contribution in [0.4, 0.5) is 0 Å². The highest BCUT2D eigenvalue weighted by atomic mass is 31.2. The maximum atomic E-state index is 6.90. The van der Waals surface area contributed by atoms with Crippen molar-refractivity contribution < 1.29 is 13.6 Å². The van der Waals surface area contributed by atoms with Gasteiger partial charge >= 0.3 is 8.60 Å². The standard InChI is InChI=1S/C43H65O3P/c1-16-39(6,7)31-21-25-34(26-22-31)44-47(45-37-27-23-32(40(8,9)17-2)29-35(37)42(12,13)19-4)46-38-28-24-33(41(10,11)18-3)30-36(38)43(14,15)20-5/h21-30H,16-20H2,1-15H3. The largest absolute Gasteiger partial charge is 0.530 e. The summed E-state index contributed by atoms with van der Waals surface area (Å²) in [5.41, 5.74) is 6.37. The van der Waals surface area contributed by atoms with Crippen LogP contribution in [0.2, 0.25) is 0 Å². The van der Waals surface area contributed by atoms with Gasteiger partial charge in [-0.25, -0.2) is 0 Å². The number of hydrogen-bond donors (Lipinski definition) is 0. The van der Waals surface area contributed by atoms with E-state index in [0.29, 0.717) is 0 Å². The van der Waals surface area contributed by atoms with Gasteiger partial charge in [-0.1, -0.05) is 140 Å². The predicted molar refractivity (Wildman–Crippen MR) is 205 cm³/mol. The van der Waals surface area contributed by atoms with Crippen molar-refractivity contribution >= 4 is 8.60 Å². The molecule has 4 heteroatoms. The third kappa shape index (κ3) is 9.14. The molecular formula is C43H65O3P. The summed E-state index contributed by atoms with van der Waals surface area (Å²) >= 11 is 0. The lowest BCUT2D eigenvalue weighted by atomic mass is 9.76. The summed E-state index contributed by atoms with van der Waals surface area (Å²) < 4.78 is 20.5. The topological polar surface area (TPSA) is 27.7 Å². The second kappa shape index (κ2) is 14.9. The molecule has 3 aromatic rings. The number of rotatable bonds is 16. The average molecular weight is 661 g/mol. The highest BCUT2D eigenvalue weighted by Gasteiger charge is 2.33. The Labute approximate surface area is 290 Å². The van der Waals surface area contributed by atoms with Crippen LogP contribution in [0.15, 0.2) is 60.7 Å². The Hall–Kier alpha value is -2.51. The fourth-order valence-electron chi connectivity index (χ4n) is 5.38. The van der Waals surface area contributed by atoms with Gasteiger partial charge in [-0.05, 0) is 100 Å². The quantitative estimate of drug-likeness (QED) is 0.143. The fourth-order valence-corrected chi connectivity index (χ4v) is 6.43. The first kappa shape index (κ1) is 38.9. The van der Waals surface area contributed by atoms with Gasteiger partial charge in [0.25, 0.3) is 0 Å². The van der Waals surface area contributed by atoms with Crippen molar-refractivity contribution in [3.05, 3.63) is 88.5 Å². The Balaban J connectivity index is 2.17. The minimum absolute atomic E-state index is 0.0670. The molecule has 0 saturated heterocycles. The van der Waals surface area contributed by atoms with E-state index in [4.69, 9.17) is 13.6 Å². The van der Waals surface area contributed by atoms with E-state index in [1.165, 1.54) is 27.8 Å². The number of hydrogen-bond acceptors (Lipinski definition) is 3. The van der Waals surface area contributed by atoms with Crippen LogP contribution in [-0.2, 0) is 27.1 Å². The lowest BCUT2D eigenvalue weighted by molar-refractivity contribution is 0.371. The lowest BCUT2D eigenvalue weighted by Gasteiger charge is -2.32. The van der Waals surface area contributed by atoms with Crippen LogP contribution in [0, 0.1) is 0 Å². The molecule has 47 heavy (non-hydrogen) atoms. The Kier molecular flexibility index (Phi) is 12.4. The zero-order valence-corrected chi connectivity index (χ0v) is 33.4. The van der Waals surface area contributed by atoms with Crippen molar-refractivity contribution in [2.24, 2.45) is 0 Å². The summed E-state index contributed by atoms with van der Waals surface area (Å²) in [5.74, 6) is 2.39. The molecule has 3 rings (SSSR count). The molecule has 0 amide bonds. The Morgan fingerprint density at radius 2 is 0.723 bits per heavy atom. The Bertz CT molecular complexity index is 1380. The molecule has 0 spiro atoms. The third-order valence-corrected chi connectivity index (χ3v) is 12.6. The second-order valence-corrected chi connectivity index (χ2v) is 17.6. The van der Waals surface area contributed by atoms with E-state index >= 15 is 0 Å². The molecule has 0 atom stereocenters. The van der Waals surface area contributed by atoms with E-state index in [-0.39, 0.29) is 27.1 Å². The summed E-state index contributed by atoms with van der Waals surface area (Å²) in [6.07, 6.45) is 5.15. The van der Waals surface area contributed by atoms with Crippen molar-refractivity contribution in [3.63, 3.8) is 0 Å². The van der Waals surface area contributed by atoms with Crippen molar-refractivity contribution in [1.29, 1.82) is 0 Å². The van der Waals surface area contributed by atoms with Gasteiger partial charge in [-0.2, -0.15) is 0 Å². The van der Waals surface area contributed by atoms with E-state index in [2.05, 4.69) is 165 Å². The first-order chi connectivity index (χ1) is 21.8. The molecule has 3 aromatic carbocycles. The van der Waals surface area contributed by atoms with Gasteiger partial charge in [0.15, 0.2) is 0 Å². The molecular weight excluding hydrogens is 595 g/mol. The van der Waals surface area contributed by atoms with Crippen LogP contribution in [0.3, 0.4) is 0 Å². The summed E-state index contributed by atoms with van der Waals surface area (Å²) in [7, 11) is -1.85. The molecule has 0 aliphatic rings. The lowest BCUT2D eigenvalue weighted by Crippen LogP contribution is -2.22. The van der Waals surface area contributed by atoms with Crippen LogP contribution in [-0.4, -0.2) is 0 Å². The fraction of sp³-hybridized carbons (Fsp3) is 0.581. The molecule has 0 aliphatic carbocycles. The molecule has 0 aromatic heterocycles. The van der Waals surface area contributed by atoms with Gasteiger partial charge in [-0.3, -0.25) is 0 Å². The molecule has 0 aliphatic heterocycles. The van der Waals surface area contributed by atoms with Gasteiger partial charge in [0.05, 0.1) is 0 Å². The molecule has 0 radical (unpaired) electrons. The van der Waals surface area contributed by atoms with Crippen molar-refractivity contribution in [2.45, 2.75) is 163 Å². The summed E-state index contributed by atoms with van der Waals surface area (Å²) in [4.78, 5) is 0. The highest BCUT2D eigenvalue weighted by molar-refractivity contribution is 7.43. The summed E-state index contributed by atoms with van der Waals surface area (Å²) in [5, 5.41) is 0. The van der Waals surface area contributed by atoms with E-state index in [0.717, 1.165) is 49.4 Å². The first-order valence-corrected chi connectivity index (χ1v) is 19.1. The van der Waals surface area contributed by atoms with E-state index in [1.807, 2.05) is 0 Å². The zero-order valence-electron chi connectivity index (χ0n) is 32.5. The molecule has 0 heterocycles. The van der Waals surface area contributed by atoms with E-state index < -0.39 is 8.60 Å². The normalized spacial score (nSPS) is 13.2. The molecule has 0 saturated carbocycles. The van der Waals surface area contributed by atoms with Gasteiger partial charge in [-0.15, -0.1) is 0 Å². The summed E-state index contributed by atoms with van der Waals surface area (Å²) in [6, 6.07) is 21.9. The van der Waals surface area contributed by atoms with E-state index in [1.54, 1.807) is 0 Å². The number of benzene rings is 3. The van der Waals surface area contributed by atoms with Gasteiger partial charge in [0, 0.05) is 11.1 Å². The SMILES string of the molecule is CCC(C)(C)c1ccc(OP(Oc2ccc(C(C)(C)CC)cc2C(C)(C)CC)Oc2ccc(C(C)(C)CC)cc2C(C)(C)CC)cc1. The monoisotopic (exact) mass is 660 g/mol. The minimum atomic E-state index is -1.85. The van der Waals surface area contributed by atoms with Crippen LogP contribution in [0.1, 0.15) is 164 Å². The van der Waals surface area contributed by atoms with Crippen molar-refractivity contribution in [2.75, 3.05) is 0 Å². The molecule has 0 bridgehead atoms. The molecule has 3 nitrogen and oxygen atoms in total. The second-order valence-electron chi connectivity index (χ2n) is 16.6. The van der Waals surface area contributed by atoms with Crippen LogP contribution < -0.4 is 13.6 Å². The zero-order chi connectivity index (χ0) is 35.4. The van der Waals surface area contributed by atoms with Crippen LogP contribution in [0.5, 0.6) is 17.2 Å². The maximum Gasteiger partial charge on any atom is 0.530 e. The third-order valence-electron chi connectivity index (χ3n) is 11.6. The summed E-state index contributed by atoms with van der Waals surface area (Å²) in [6.45, 7) is 34.2. The van der Waals surface area contributed by atoms with Gasteiger partial charge in [0.2, 0.25) is 0 Å². The van der Waals surface area contributed by atoms with Crippen molar-refractivity contribution in [3.8, 4) is 17.2 Å². The minimum Gasteiger partial charge on any atom is -0.409 e. The van der Waals surface area contributed by atoms with Gasteiger partial charge < -0.3 is 13.6 Å². The Morgan fingerprint density at radius 3 is 1.06 bits per heavy atom. The molecule has 0 N–H and O–H groups in total. The predicted octanol–water partition coefficient (Wildman–Crippen LogP) is 13.9. The molecule has 260 valence electrons. The van der Waals surface area contributed by atoms with E-state index in [9.17, 15) is 0 Å². The molecule has 0 unspecified atom stereocenters. The Morgan fingerprint density at radius 1 is 0.404 bits per heavy atom. The highest BCUT2D eigenvalue weighted by Crippen LogP contribution is 2.49. The first-order valence-electron chi connectivity index (χ1n) is 18.0. The van der Waals surface area contributed by atoms with Crippen molar-refractivity contribution in [1.82, 2.24) is 0 Å². The average Bonchev–Trinajstić information content (AvgIpc) is 3.04. The molecule has 0 fully saturated rings. The van der Waals surface area contributed by atoms with Crippen LogP contribution >= 0.6 is 8.60 Å².